The van der Waals surface area contributed by atoms with Gasteiger partial charge in [0.05, 0.1) is 11.7 Å². The smallest absolute Gasteiger partial charge is 0.265 e. The highest BCUT2D eigenvalue weighted by atomic mass is 79.9. The number of likely N-dealkylation sites (N-methyl/N-ethyl adjacent to an activating group) is 1. The van der Waals surface area contributed by atoms with E-state index in [9.17, 15) is 4.79 Å². The number of nitrogens with zero attached hydrogens (tertiary/aromatic N) is 6. The van der Waals surface area contributed by atoms with Crippen molar-refractivity contribution in [3.05, 3.63) is 52.5 Å². The number of rotatable bonds is 8. The summed E-state index contributed by atoms with van der Waals surface area (Å²) in [4.78, 5) is 18.3. The average molecular weight is 510 g/mol. The molecule has 0 bridgehead atoms. The molecule has 170 valence electrons. The van der Waals surface area contributed by atoms with Crippen molar-refractivity contribution in [2.75, 3.05) is 25.1 Å². The predicted octanol–water partition coefficient (Wildman–Crippen LogP) is 3.97. The summed E-state index contributed by atoms with van der Waals surface area (Å²) < 4.78 is 8.53. The topological polar surface area (TPSA) is 97.5 Å². The number of carbonyl (C=O) groups excluding carboxylic acids is 1. The Kier molecular flexibility index (Phi) is 6.83. The molecule has 0 aliphatic rings. The molecular formula is C23H24BrN7O2. The Bertz CT molecular complexity index is 1310. The van der Waals surface area contributed by atoms with Gasteiger partial charge in [-0.15, -0.1) is 10.2 Å². The van der Waals surface area contributed by atoms with Gasteiger partial charge in [-0.3, -0.25) is 4.79 Å². The summed E-state index contributed by atoms with van der Waals surface area (Å²) in [6.45, 7) is 5.26. The first-order chi connectivity index (χ1) is 16.0. The summed E-state index contributed by atoms with van der Waals surface area (Å²) in [6, 6.07) is 13.3. The molecule has 0 fully saturated rings. The average Bonchev–Trinajstić information content (AvgIpc) is 3.10. The summed E-state index contributed by atoms with van der Waals surface area (Å²) in [5.74, 6) is 0.902. The highest BCUT2D eigenvalue weighted by Crippen LogP contribution is 2.28. The van der Waals surface area contributed by atoms with E-state index in [4.69, 9.17) is 4.74 Å². The molecule has 4 aromatic rings. The molecular weight excluding hydrogens is 486 g/mol. The van der Waals surface area contributed by atoms with E-state index in [1.165, 1.54) is 0 Å². The summed E-state index contributed by atoms with van der Waals surface area (Å²) in [6.07, 6.45) is 1.65. The lowest BCUT2D eigenvalue weighted by molar-refractivity contribution is -0.132. The van der Waals surface area contributed by atoms with Crippen LogP contribution in [0.15, 0.2) is 52.0 Å². The Labute approximate surface area is 199 Å². The molecule has 4 rings (SSSR count). The normalized spacial score (nSPS) is 11.4. The van der Waals surface area contributed by atoms with Crippen LogP contribution in [0.3, 0.4) is 0 Å². The number of nitrogens with one attached hydrogen (secondary N) is 1. The minimum Gasteiger partial charge on any atom is -0.484 e. The molecule has 0 atom stereocenters. The number of hydrazone groups is 1. The monoisotopic (exact) mass is 509 g/mol. The second kappa shape index (κ2) is 9.95. The second-order valence-electron chi connectivity index (χ2n) is 7.32. The van der Waals surface area contributed by atoms with Crippen LogP contribution in [0.4, 0.5) is 5.95 Å². The Morgan fingerprint density at radius 3 is 2.67 bits per heavy atom. The van der Waals surface area contributed by atoms with Crippen LogP contribution in [0.1, 0.15) is 19.4 Å². The van der Waals surface area contributed by atoms with Gasteiger partial charge in [0.15, 0.2) is 12.3 Å². The van der Waals surface area contributed by atoms with Gasteiger partial charge >= 0.3 is 0 Å². The number of aryl methyl sites for hydroxylation is 1. The number of hydrogen-bond acceptors (Lipinski definition) is 7. The third-order valence-corrected chi connectivity index (χ3v) is 5.79. The SMILES string of the molecule is CCN(CC)C(=O)COc1ccc(/C=N/Nc2nnc3c4cc(Br)ccc4n(C)c3n2)cc1. The van der Waals surface area contributed by atoms with E-state index in [1.54, 1.807) is 23.2 Å². The predicted molar refractivity (Wildman–Crippen MR) is 133 cm³/mol. The van der Waals surface area contributed by atoms with Gasteiger partial charge in [0.1, 0.15) is 11.3 Å². The van der Waals surface area contributed by atoms with Gasteiger partial charge in [-0.05, 0) is 61.9 Å². The highest BCUT2D eigenvalue weighted by Gasteiger charge is 2.13. The summed E-state index contributed by atoms with van der Waals surface area (Å²) >= 11 is 3.50. The van der Waals surface area contributed by atoms with Crippen LogP contribution < -0.4 is 10.2 Å². The van der Waals surface area contributed by atoms with E-state index in [-0.39, 0.29) is 12.5 Å². The fraction of sp³-hybridized carbons (Fsp3) is 0.261. The van der Waals surface area contributed by atoms with Gasteiger partial charge in [-0.1, -0.05) is 15.9 Å². The fourth-order valence-electron chi connectivity index (χ4n) is 3.51. The Hall–Kier alpha value is -3.53. The quantitative estimate of drug-likeness (QED) is 0.285. The van der Waals surface area contributed by atoms with Crippen molar-refractivity contribution < 1.29 is 9.53 Å². The van der Waals surface area contributed by atoms with Gasteiger partial charge in [0, 0.05) is 30.0 Å². The minimum atomic E-state index is -0.0285. The molecule has 2 aromatic carbocycles. The van der Waals surface area contributed by atoms with Crippen LogP contribution in [-0.2, 0) is 11.8 Å². The lowest BCUT2D eigenvalue weighted by Crippen LogP contribution is -2.34. The molecule has 2 heterocycles. The molecule has 0 saturated carbocycles. The van der Waals surface area contributed by atoms with Gasteiger partial charge in [0.2, 0.25) is 0 Å². The number of anilines is 1. The number of halogens is 1. The molecule has 0 aliphatic heterocycles. The number of amides is 1. The molecule has 0 unspecified atom stereocenters. The van der Waals surface area contributed by atoms with Crippen LogP contribution in [0.25, 0.3) is 22.1 Å². The maximum Gasteiger partial charge on any atom is 0.265 e. The minimum absolute atomic E-state index is 0.0224. The molecule has 9 nitrogen and oxygen atoms in total. The largest absolute Gasteiger partial charge is 0.484 e. The number of aromatic nitrogens is 4. The van der Waals surface area contributed by atoms with E-state index >= 15 is 0 Å². The molecule has 33 heavy (non-hydrogen) atoms. The Morgan fingerprint density at radius 1 is 1.18 bits per heavy atom. The number of ether oxygens (including phenoxy) is 1. The fourth-order valence-corrected chi connectivity index (χ4v) is 3.87. The van der Waals surface area contributed by atoms with E-state index in [2.05, 4.69) is 41.6 Å². The van der Waals surface area contributed by atoms with E-state index in [1.807, 2.05) is 55.8 Å². The van der Waals surface area contributed by atoms with Gasteiger partial charge in [0.25, 0.3) is 11.9 Å². The molecule has 0 saturated heterocycles. The Morgan fingerprint density at radius 2 is 1.94 bits per heavy atom. The highest BCUT2D eigenvalue weighted by molar-refractivity contribution is 9.10. The van der Waals surface area contributed by atoms with Crippen molar-refractivity contribution in [1.82, 2.24) is 24.6 Å². The van der Waals surface area contributed by atoms with Crippen molar-refractivity contribution in [2.24, 2.45) is 12.1 Å². The molecule has 1 amide bonds. The summed E-state index contributed by atoms with van der Waals surface area (Å²) in [5, 5.41) is 13.7. The van der Waals surface area contributed by atoms with Gasteiger partial charge < -0.3 is 14.2 Å². The maximum absolute atomic E-state index is 12.0. The van der Waals surface area contributed by atoms with Crippen LogP contribution >= 0.6 is 15.9 Å². The number of fused-ring (bicyclic) bond motifs is 3. The van der Waals surface area contributed by atoms with E-state index in [0.717, 1.165) is 32.1 Å². The van der Waals surface area contributed by atoms with Crippen LogP contribution in [0.2, 0.25) is 0 Å². The second-order valence-corrected chi connectivity index (χ2v) is 8.24. The van der Waals surface area contributed by atoms with Crippen molar-refractivity contribution >= 4 is 56.1 Å². The molecule has 0 spiro atoms. The summed E-state index contributed by atoms with van der Waals surface area (Å²) in [5.41, 5.74) is 6.16. The third kappa shape index (κ3) is 4.95. The zero-order valence-corrected chi connectivity index (χ0v) is 20.2. The van der Waals surface area contributed by atoms with Crippen molar-refractivity contribution in [3.63, 3.8) is 0 Å². The van der Waals surface area contributed by atoms with E-state index < -0.39 is 0 Å². The van der Waals surface area contributed by atoms with Crippen LogP contribution in [0.5, 0.6) is 5.75 Å². The lowest BCUT2D eigenvalue weighted by atomic mass is 10.2. The Balaban J connectivity index is 1.40. The molecule has 0 radical (unpaired) electrons. The van der Waals surface area contributed by atoms with Crippen molar-refractivity contribution in [1.29, 1.82) is 0 Å². The number of benzene rings is 2. The molecule has 1 N–H and O–H groups in total. The number of carbonyl (C=O) groups is 1. The zero-order valence-electron chi connectivity index (χ0n) is 18.6. The van der Waals surface area contributed by atoms with Crippen LogP contribution in [-0.4, -0.2) is 56.5 Å². The first kappa shape index (κ1) is 22.7. The van der Waals surface area contributed by atoms with Crippen molar-refractivity contribution in [3.8, 4) is 5.75 Å². The number of hydrogen-bond donors (Lipinski definition) is 1. The molecule has 10 heteroatoms. The molecule has 0 aliphatic carbocycles. The van der Waals surface area contributed by atoms with Crippen molar-refractivity contribution in [2.45, 2.75) is 13.8 Å². The zero-order chi connectivity index (χ0) is 23.4. The third-order valence-electron chi connectivity index (χ3n) is 5.30. The maximum atomic E-state index is 12.0. The van der Waals surface area contributed by atoms with Gasteiger partial charge in [-0.2, -0.15) is 10.1 Å². The van der Waals surface area contributed by atoms with Gasteiger partial charge in [-0.25, -0.2) is 5.43 Å². The first-order valence-electron chi connectivity index (χ1n) is 10.6. The summed E-state index contributed by atoms with van der Waals surface area (Å²) in [7, 11) is 1.94. The first-order valence-corrected chi connectivity index (χ1v) is 11.4. The van der Waals surface area contributed by atoms with E-state index in [0.29, 0.717) is 24.8 Å². The van der Waals surface area contributed by atoms with Crippen LogP contribution in [0, 0.1) is 0 Å². The lowest BCUT2D eigenvalue weighted by Gasteiger charge is -2.18. The molecule has 2 aromatic heterocycles. The standard InChI is InChI=1S/C23H24BrN7O2/c1-4-31(5-2)20(32)14-33-17-9-6-15(7-10-17)13-25-28-23-26-22-21(27-29-23)18-12-16(24)8-11-19(18)30(22)3/h6-13H,4-5,14H2,1-3H3,(H,26,28,29)/b25-13+.